The fraction of sp³-hybridized carbons (Fsp3) is 0.294. The van der Waals surface area contributed by atoms with Crippen LogP contribution in [0.3, 0.4) is 0 Å². The Hall–Kier alpha value is -1.89. The molecule has 0 aliphatic heterocycles. The lowest BCUT2D eigenvalue weighted by molar-refractivity contribution is 0.0957. The van der Waals surface area contributed by atoms with E-state index in [0.717, 1.165) is 34.4 Å². The van der Waals surface area contributed by atoms with Gasteiger partial charge in [-0.25, -0.2) is 4.68 Å². The van der Waals surface area contributed by atoms with Crippen LogP contribution in [0.1, 0.15) is 28.7 Å². The fourth-order valence-electron chi connectivity index (χ4n) is 2.51. The highest BCUT2D eigenvalue weighted by Gasteiger charge is 2.18. The number of aryl methyl sites for hydroxylation is 1. The molecule has 0 spiro atoms. The number of amides is 1. The van der Waals surface area contributed by atoms with Crippen molar-refractivity contribution in [3.8, 4) is 5.69 Å². The van der Waals surface area contributed by atoms with E-state index in [1.54, 1.807) is 0 Å². The van der Waals surface area contributed by atoms with Gasteiger partial charge in [-0.3, -0.25) is 4.79 Å². The quantitative estimate of drug-likeness (QED) is 0.660. The molecule has 0 saturated heterocycles. The largest absolute Gasteiger partial charge is 0.351 e. The molecule has 126 valence electrons. The van der Waals surface area contributed by atoms with Crippen LogP contribution in [-0.2, 0) is 6.42 Å². The normalized spacial score (nSPS) is 11.1. The molecule has 0 bridgehead atoms. The summed E-state index contributed by atoms with van der Waals surface area (Å²) in [6, 6.07) is 9.47. The van der Waals surface area contributed by atoms with Crippen molar-refractivity contribution in [2.24, 2.45) is 5.73 Å². The molecule has 24 heavy (non-hydrogen) atoms. The second-order valence-electron chi connectivity index (χ2n) is 5.42. The number of nitrogens with one attached hydrogen (secondary N) is 1. The highest BCUT2D eigenvalue weighted by molar-refractivity contribution is 7.20. The second kappa shape index (κ2) is 7.34. The van der Waals surface area contributed by atoms with E-state index in [0.29, 0.717) is 23.0 Å². The van der Waals surface area contributed by atoms with Gasteiger partial charge in [0.25, 0.3) is 5.91 Å². The number of rotatable bonds is 6. The predicted octanol–water partition coefficient (Wildman–Crippen LogP) is 3.38. The number of aromatic nitrogens is 2. The van der Waals surface area contributed by atoms with Crippen molar-refractivity contribution in [1.82, 2.24) is 15.1 Å². The Morgan fingerprint density at radius 1 is 1.42 bits per heavy atom. The van der Waals surface area contributed by atoms with E-state index in [1.807, 2.05) is 35.0 Å². The first-order chi connectivity index (χ1) is 11.6. The molecule has 0 radical (unpaired) electrons. The van der Waals surface area contributed by atoms with Gasteiger partial charge < -0.3 is 11.1 Å². The van der Waals surface area contributed by atoms with Crippen LogP contribution in [0.5, 0.6) is 0 Å². The summed E-state index contributed by atoms with van der Waals surface area (Å²) in [5.74, 6) is -0.0654. The average Bonchev–Trinajstić information content (AvgIpc) is 3.14. The molecule has 3 N–H and O–H groups in total. The van der Waals surface area contributed by atoms with E-state index in [2.05, 4.69) is 17.3 Å². The molecule has 0 atom stereocenters. The van der Waals surface area contributed by atoms with Crippen molar-refractivity contribution < 1.29 is 4.79 Å². The van der Waals surface area contributed by atoms with Gasteiger partial charge in [0.05, 0.1) is 16.3 Å². The summed E-state index contributed by atoms with van der Waals surface area (Å²) in [5, 5.41) is 9.25. The number of nitrogens with two attached hydrogens (primary N) is 1. The summed E-state index contributed by atoms with van der Waals surface area (Å²) >= 11 is 7.54. The molecule has 3 rings (SSSR count). The average molecular weight is 363 g/mol. The Kier molecular flexibility index (Phi) is 5.18. The Balaban J connectivity index is 2.00. The van der Waals surface area contributed by atoms with Gasteiger partial charge in [-0.2, -0.15) is 5.10 Å². The van der Waals surface area contributed by atoms with Crippen LogP contribution in [0, 0.1) is 0 Å². The molecular weight excluding hydrogens is 344 g/mol. The molecule has 0 unspecified atom stereocenters. The van der Waals surface area contributed by atoms with Crippen molar-refractivity contribution in [3.63, 3.8) is 0 Å². The lowest BCUT2D eigenvalue weighted by Crippen LogP contribution is -2.25. The molecule has 1 aromatic carbocycles. The highest BCUT2D eigenvalue weighted by Crippen LogP contribution is 2.31. The molecule has 5 nitrogen and oxygen atoms in total. The smallest absolute Gasteiger partial charge is 0.261 e. The van der Waals surface area contributed by atoms with Crippen LogP contribution in [0.25, 0.3) is 15.9 Å². The minimum absolute atomic E-state index is 0.0654. The first-order valence-electron chi connectivity index (χ1n) is 7.89. The molecule has 2 heterocycles. The minimum Gasteiger partial charge on any atom is -0.351 e. The monoisotopic (exact) mass is 362 g/mol. The van der Waals surface area contributed by atoms with Crippen molar-refractivity contribution in [2.75, 3.05) is 13.1 Å². The Morgan fingerprint density at radius 3 is 2.96 bits per heavy atom. The van der Waals surface area contributed by atoms with Gasteiger partial charge in [-0.05, 0) is 43.7 Å². The van der Waals surface area contributed by atoms with Crippen molar-refractivity contribution >= 4 is 39.1 Å². The molecule has 7 heteroatoms. The maximum atomic E-state index is 12.3. The maximum Gasteiger partial charge on any atom is 0.261 e. The van der Waals surface area contributed by atoms with Crippen LogP contribution >= 0.6 is 22.9 Å². The van der Waals surface area contributed by atoms with Crippen molar-refractivity contribution in [1.29, 1.82) is 0 Å². The number of thiophene rings is 1. The molecule has 0 saturated carbocycles. The van der Waals surface area contributed by atoms with Crippen LogP contribution in [0.2, 0.25) is 5.02 Å². The third kappa shape index (κ3) is 3.31. The first kappa shape index (κ1) is 17.0. The minimum atomic E-state index is -0.0654. The van der Waals surface area contributed by atoms with E-state index in [9.17, 15) is 4.79 Å². The molecule has 0 fully saturated rings. The first-order valence-corrected chi connectivity index (χ1v) is 9.09. The van der Waals surface area contributed by atoms with Gasteiger partial charge in [-0.1, -0.05) is 24.6 Å². The summed E-state index contributed by atoms with van der Waals surface area (Å²) in [7, 11) is 0. The number of halogens is 1. The second-order valence-corrected chi connectivity index (χ2v) is 6.89. The van der Waals surface area contributed by atoms with Gasteiger partial charge in [-0.15, -0.1) is 11.3 Å². The third-order valence-electron chi connectivity index (χ3n) is 3.71. The van der Waals surface area contributed by atoms with Gasteiger partial charge in [0.1, 0.15) is 4.83 Å². The Labute approximate surface area is 149 Å². The highest BCUT2D eigenvalue weighted by atomic mass is 35.5. The van der Waals surface area contributed by atoms with Gasteiger partial charge in [0, 0.05) is 17.0 Å². The van der Waals surface area contributed by atoms with E-state index in [4.69, 9.17) is 17.3 Å². The molecule has 2 aromatic heterocycles. The van der Waals surface area contributed by atoms with E-state index in [1.165, 1.54) is 11.3 Å². The summed E-state index contributed by atoms with van der Waals surface area (Å²) in [5.41, 5.74) is 7.33. The zero-order valence-electron chi connectivity index (χ0n) is 13.4. The summed E-state index contributed by atoms with van der Waals surface area (Å²) in [4.78, 5) is 13.9. The molecule has 1 amide bonds. The Morgan fingerprint density at radius 2 is 2.25 bits per heavy atom. The predicted molar refractivity (Wildman–Crippen MR) is 99.3 cm³/mol. The standard InChI is InChI=1S/C17H19ClN4OS/c1-2-14-13-10-15(16(23)20-8-4-7-19)24-17(13)22(21-14)12-6-3-5-11(18)9-12/h3,5-6,9-10H,2,4,7-8,19H2,1H3,(H,20,23). The molecular formula is C17H19ClN4OS. The van der Waals surface area contributed by atoms with Crippen LogP contribution < -0.4 is 11.1 Å². The molecule has 0 aliphatic carbocycles. The number of hydrogen-bond acceptors (Lipinski definition) is 4. The third-order valence-corrected chi connectivity index (χ3v) is 5.06. The van der Waals surface area contributed by atoms with Crippen LogP contribution in [0.4, 0.5) is 0 Å². The summed E-state index contributed by atoms with van der Waals surface area (Å²) in [6.07, 6.45) is 1.57. The molecule has 0 aliphatic rings. The maximum absolute atomic E-state index is 12.3. The number of carbonyl (C=O) groups is 1. The number of nitrogens with zero attached hydrogens (tertiary/aromatic N) is 2. The summed E-state index contributed by atoms with van der Waals surface area (Å²) in [6.45, 7) is 3.21. The van der Waals surface area contributed by atoms with E-state index in [-0.39, 0.29) is 5.91 Å². The van der Waals surface area contributed by atoms with E-state index < -0.39 is 0 Å². The zero-order chi connectivity index (χ0) is 17.1. The SMILES string of the molecule is CCc1nn(-c2cccc(Cl)c2)c2sc(C(=O)NCCCN)cc12. The van der Waals surface area contributed by atoms with Gasteiger partial charge in [0.2, 0.25) is 0 Å². The topological polar surface area (TPSA) is 72.9 Å². The number of benzene rings is 1. The molecule has 3 aromatic rings. The Bertz CT molecular complexity index is 871. The summed E-state index contributed by atoms with van der Waals surface area (Å²) < 4.78 is 1.86. The lowest BCUT2D eigenvalue weighted by atomic mass is 10.2. The van der Waals surface area contributed by atoms with Crippen molar-refractivity contribution in [2.45, 2.75) is 19.8 Å². The fourth-order valence-corrected chi connectivity index (χ4v) is 3.77. The number of hydrogen-bond donors (Lipinski definition) is 2. The van der Waals surface area contributed by atoms with Gasteiger partial charge >= 0.3 is 0 Å². The van der Waals surface area contributed by atoms with E-state index >= 15 is 0 Å². The van der Waals surface area contributed by atoms with Gasteiger partial charge in [0.15, 0.2) is 0 Å². The lowest BCUT2D eigenvalue weighted by Gasteiger charge is -2.03. The van der Waals surface area contributed by atoms with Crippen LogP contribution in [0.15, 0.2) is 30.3 Å². The van der Waals surface area contributed by atoms with Crippen molar-refractivity contribution in [3.05, 3.63) is 45.9 Å². The zero-order valence-corrected chi connectivity index (χ0v) is 15.0. The van der Waals surface area contributed by atoms with Crippen LogP contribution in [-0.4, -0.2) is 28.8 Å². The number of carbonyl (C=O) groups excluding carboxylic acids is 1. The number of fused-ring (bicyclic) bond motifs is 1.